The van der Waals surface area contributed by atoms with Crippen molar-refractivity contribution in [3.63, 3.8) is 0 Å². The minimum absolute atomic E-state index is 0.214. The fourth-order valence-corrected chi connectivity index (χ4v) is 2.67. The molecule has 2 heterocycles. The van der Waals surface area contributed by atoms with Crippen LogP contribution < -0.4 is 5.32 Å². The predicted octanol–water partition coefficient (Wildman–Crippen LogP) is 2.68. The molecule has 0 amide bonds. The van der Waals surface area contributed by atoms with Crippen LogP contribution in [0, 0.1) is 18.7 Å². The molecule has 19 heavy (non-hydrogen) atoms. The van der Waals surface area contributed by atoms with E-state index in [4.69, 9.17) is 0 Å². The molecule has 3 rings (SSSR count). The molecule has 1 fully saturated rings. The zero-order valence-corrected chi connectivity index (χ0v) is 11.0. The van der Waals surface area contributed by atoms with Crippen molar-refractivity contribution >= 4 is 0 Å². The lowest BCUT2D eigenvalue weighted by atomic mass is 10.1. The van der Waals surface area contributed by atoms with Crippen LogP contribution in [0.2, 0.25) is 0 Å². The second-order valence-electron chi connectivity index (χ2n) is 5.23. The van der Waals surface area contributed by atoms with Crippen molar-refractivity contribution in [3.05, 3.63) is 41.6 Å². The molecule has 1 unspecified atom stereocenters. The maximum absolute atomic E-state index is 12.9. The van der Waals surface area contributed by atoms with Crippen LogP contribution in [0.3, 0.4) is 0 Å². The van der Waals surface area contributed by atoms with Crippen LogP contribution in [0.4, 0.5) is 4.39 Å². The Balaban J connectivity index is 1.82. The highest BCUT2D eigenvalue weighted by Gasteiger charge is 2.17. The Morgan fingerprint density at radius 3 is 2.79 bits per heavy atom. The molecule has 1 aliphatic rings. The molecule has 1 aromatic carbocycles. The van der Waals surface area contributed by atoms with Gasteiger partial charge in [-0.2, -0.15) is 0 Å². The van der Waals surface area contributed by atoms with Crippen molar-refractivity contribution in [2.45, 2.75) is 19.8 Å². The summed E-state index contributed by atoms with van der Waals surface area (Å²) >= 11 is 0. The number of benzene rings is 1. The molecule has 100 valence electrons. The van der Waals surface area contributed by atoms with E-state index in [1.807, 2.05) is 6.92 Å². The lowest BCUT2D eigenvalue weighted by molar-refractivity contribution is 0.564. The molecule has 1 atom stereocenters. The van der Waals surface area contributed by atoms with E-state index in [0.717, 1.165) is 42.3 Å². The smallest absolute Gasteiger partial charge is 0.123 e. The number of aromatic nitrogens is 2. The van der Waals surface area contributed by atoms with Crippen molar-refractivity contribution in [3.8, 4) is 11.3 Å². The van der Waals surface area contributed by atoms with Gasteiger partial charge in [0.05, 0.1) is 5.69 Å². The maximum Gasteiger partial charge on any atom is 0.123 e. The summed E-state index contributed by atoms with van der Waals surface area (Å²) < 4.78 is 12.9. The summed E-state index contributed by atoms with van der Waals surface area (Å²) in [5.41, 5.74) is 2.94. The van der Waals surface area contributed by atoms with Crippen molar-refractivity contribution < 1.29 is 4.39 Å². The van der Waals surface area contributed by atoms with Gasteiger partial charge in [0.25, 0.3) is 0 Å². The molecule has 1 aliphatic heterocycles. The highest BCUT2D eigenvalue weighted by Crippen LogP contribution is 2.23. The minimum atomic E-state index is -0.214. The zero-order valence-electron chi connectivity index (χ0n) is 11.0. The third kappa shape index (κ3) is 2.68. The summed E-state index contributed by atoms with van der Waals surface area (Å²) in [7, 11) is 0. The standard InChI is InChI=1S/C15H18FN3/c1-10-15(12-2-4-13(16)5-3-12)19-14(18-10)8-11-6-7-17-9-11/h2-5,11,17H,6-9H2,1H3,(H,18,19). The highest BCUT2D eigenvalue weighted by molar-refractivity contribution is 5.61. The molecule has 0 spiro atoms. The van der Waals surface area contributed by atoms with E-state index in [1.165, 1.54) is 18.6 Å². The quantitative estimate of drug-likeness (QED) is 0.889. The van der Waals surface area contributed by atoms with Gasteiger partial charge in [-0.1, -0.05) is 0 Å². The third-order valence-corrected chi connectivity index (χ3v) is 3.70. The number of aryl methyl sites for hydroxylation is 1. The number of hydrogen-bond acceptors (Lipinski definition) is 2. The molecule has 0 radical (unpaired) electrons. The van der Waals surface area contributed by atoms with Crippen molar-refractivity contribution in [2.24, 2.45) is 5.92 Å². The van der Waals surface area contributed by atoms with Gasteiger partial charge < -0.3 is 10.3 Å². The van der Waals surface area contributed by atoms with E-state index in [-0.39, 0.29) is 5.82 Å². The second kappa shape index (κ2) is 5.13. The number of aromatic amines is 1. The minimum Gasteiger partial charge on any atom is -0.346 e. The van der Waals surface area contributed by atoms with Crippen LogP contribution in [0.1, 0.15) is 17.9 Å². The van der Waals surface area contributed by atoms with Gasteiger partial charge in [0.1, 0.15) is 11.6 Å². The number of H-pyrrole nitrogens is 1. The van der Waals surface area contributed by atoms with Crippen molar-refractivity contribution in [2.75, 3.05) is 13.1 Å². The van der Waals surface area contributed by atoms with E-state index in [2.05, 4.69) is 15.3 Å². The van der Waals surface area contributed by atoms with Gasteiger partial charge in [0, 0.05) is 17.7 Å². The van der Waals surface area contributed by atoms with Gasteiger partial charge in [0.2, 0.25) is 0 Å². The Kier molecular flexibility index (Phi) is 3.34. The maximum atomic E-state index is 12.9. The summed E-state index contributed by atoms with van der Waals surface area (Å²) in [5.74, 6) is 1.49. The molecule has 0 aliphatic carbocycles. The third-order valence-electron chi connectivity index (χ3n) is 3.70. The SMILES string of the molecule is Cc1[nH]c(CC2CCNC2)nc1-c1ccc(F)cc1. The lowest BCUT2D eigenvalue weighted by Crippen LogP contribution is -2.11. The Labute approximate surface area is 112 Å². The van der Waals surface area contributed by atoms with Crippen molar-refractivity contribution in [1.29, 1.82) is 0 Å². The summed E-state index contributed by atoms with van der Waals surface area (Å²) in [5, 5.41) is 3.37. The average molecular weight is 259 g/mol. The molecule has 1 aromatic heterocycles. The van der Waals surface area contributed by atoms with E-state index in [9.17, 15) is 4.39 Å². The van der Waals surface area contributed by atoms with Crippen molar-refractivity contribution in [1.82, 2.24) is 15.3 Å². The molecule has 4 heteroatoms. The van der Waals surface area contributed by atoms with Gasteiger partial charge >= 0.3 is 0 Å². The van der Waals surface area contributed by atoms with Crippen LogP contribution >= 0.6 is 0 Å². The highest BCUT2D eigenvalue weighted by atomic mass is 19.1. The Morgan fingerprint density at radius 2 is 2.11 bits per heavy atom. The van der Waals surface area contributed by atoms with Gasteiger partial charge in [-0.05, 0) is 56.6 Å². The van der Waals surface area contributed by atoms with Gasteiger partial charge in [-0.25, -0.2) is 9.37 Å². The van der Waals surface area contributed by atoms with E-state index in [0.29, 0.717) is 5.92 Å². The van der Waals surface area contributed by atoms with Gasteiger partial charge in [-0.3, -0.25) is 0 Å². The fraction of sp³-hybridized carbons (Fsp3) is 0.400. The van der Waals surface area contributed by atoms with E-state index < -0.39 is 0 Å². The molecule has 3 nitrogen and oxygen atoms in total. The first kappa shape index (κ1) is 12.4. The molecule has 0 bridgehead atoms. The first-order chi connectivity index (χ1) is 9.22. The Bertz CT molecular complexity index is 553. The topological polar surface area (TPSA) is 40.7 Å². The Hall–Kier alpha value is -1.68. The molecular weight excluding hydrogens is 241 g/mol. The first-order valence-electron chi connectivity index (χ1n) is 6.74. The van der Waals surface area contributed by atoms with Crippen LogP contribution in [-0.2, 0) is 6.42 Å². The summed E-state index contributed by atoms with van der Waals surface area (Å²) in [6.45, 7) is 4.20. The summed E-state index contributed by atoms with van der Waals surface area (Å²) in [6, 6.07) is 6.51. The van der Waals surface area contributed by atoms with E-state index in [1.54, 1.807) is 12.1 Å². The largest absolute Gasteiger partial charge is 0.346 e. The molecular formula is C15H18FN3. The molecule has 2 aromatic rings. The van der Waals surface area contributed by atoms with Gasteiger partial charge in [0.15, 0.2) is 0 Å². The van der Waals surface area contributed by atoms with Crippen LogP contribution in [0.15, 0.2) is 24.3 Å². The number of imidazole rings is 1. The zero-order chi connectivity index (χ0) is 13.2. The number of nitrogens with one attached hydrogen (secondary N) is 2. The monoisotopic (exact) mass is 259 g/mol. The van der Waals surface area contributed by atoms with Crippen LogP contribution in [-0.4, -0.2) is 23.1 Å². The Morgan fingerprint density at radius 1 is 1.32 bits per heavy atom. The fourth-order valence-electron chi connectivity index (χ4n) is 2.67. The van der Waals surface area contributed by atoms with E-state index >= 15 is 0 Å². The number of nitrogens with zero attached hydrogens (tertiary/aromatic N) is 1. The number of halogens is 1. The molecule has 0 saturated carbocycles. The normalized spacial score (nSPS) is 18.9. The summed E-state index contributed by atoms with van der Waals surface area (Å²) in [4.78, 5) is 8.02. The average Bonchev–Trinajstić information content (AvgIpc) is 3.01. The van der Waals surface area contributed by atoms with Crippen LogP contribution in [0.25, 0.3) is 11.3 Å². The lowest BCUT2D eigenvalue weighted by Gasteiger charge is -2.04. The molecule has 2 N–H and O–H groups in total. The van der Waals surface area contributed by atoms with Crippen LogP contribution in [0.5, 0.6) is 0 Å². The first-order valence-corrected chi connectivity index (χ1v) is 6.74. The molecule has 1 saturated heterocycles. The number of rotatable bonds is 3. The second-order valence-corrected chi connectivity index (χ2v) is 5.23. The van der Waals surface area contributed by atoms with Gasteiger partial charge in [-0.15, -0.1) is 0 Å². The predicted molar refractivity (Wildman–Crippen MR) is 73.4 cm³/mol. The number of hydrogen-bond donors (Lipinski definition) is 2. The summed E-state index contributed by atoms with van der Waals surface area (Å²) in [6.07, 6.45) is 2.20.